The number of carboxylic acids is 1. The van der Waals surface area contributed by atoms with E-state index in [0.717, 1.165) is 42.3 Å². The van der Waals surface area contributed by atoms with Crippen molar-refractivity contribution in [3.05, 3.63) is 26.2 Å². The van der Waals surface area contributed by atoms with Gasteiger partial charge in [-0.25, -0.2) is 4.79 Å². The molecule has 178 valence electrons. The highest BCUT2D eigenvalue weighted by atomic mass is 127. The first-order valence-electron chi connectivity index (χ1n) is 10.6. The summed E-state index contributed by atoms with van der Waals surface area (Å²) >= 11 is 2.78. The highest BCUT2D eigenvalue weighted by Crippen LogP contribution is 2.37. The number of nitrogens with zero attached hydrogens (tertiary/aromatic N) is 2. The van der Waals surface area contributed by atoms with E-state index < -0.39 is 23.7 Å². The third-order valence-corrected chi connectivity index (χ3v) is 6.80. The van der Waals surface area contributed by atoms with Crippen LogP contribution in [0.3, 0.4) is 0 Å². The van der Waals surface area contributed by atoms with Crippen LogP contribution in [0.5, 0.6) is 11.5 Å². The lowest BCUT2D eigenvalue weighted by Gasteiger charge is -2.22. The van der Waals surface area contributed by atoms with Crippen LogP contribution in [0.2, 0.25) is 0 Å². The fourth-order valence-electron chi connectivity index (χ4n) is 3.55. The van der Waals surface area contributed by atoms with Gasteiger partial charge < -0.3 is 19.5 Å². The van der Waals surface area contributed by atoms with Crippen molar-refractivity contribution in [3.63, 3.8) is 0 Å². The SMILES string of the molecule is CCOc1cc(C=C2SC(=O)N(CC(=O)N3CCCCCC3)C2=O)cc(I)c1OCC(=O)O. The number of benzene rings is 1. The van der Waals surface area contributed by atoms with Gasteiger partial charge in [0.05, 0.1) is 15.1 Å². The first kappa shape index (κ1) is 25.3. The van der Waals surface area contributed by atoms with E-state index in [1.807, 2.05) is 22.6 Å². The molecule has 2 heterocycles. The van der Waals surface area contributed by atoms with Gasteiger partial charge in [-0.1, -0.05) is 12.8 Å². The number of likely N-dealkylation sites (tertiary alicyclic amines) is 1. The molecule has 2 aliphatic rings. The van der Waals surface area contributed by atoms with Gasteiger partial charge >= 0.3 is 5.97 Å². The molecule has 0 unspecified atom stereocenters. The summed E-state index contributed by atoms with van der Waals surface area (Å²) in [7, 11) is 0. The molecule has 0 bridgehead atoms. The van der Waals surface area contributed by atoms with Gasteiger partial charge in [0.25, 0.3) is 11.1 Å². The van der Waals surface area contributed by atoms with Crippen molar-refractivity contribution in [2.75, 3.05) is 32.8 Å². The molecule has 0 aliphatic carbocycles. The maximum absolute atomic E-state index is 12.9. The number of halogens is 1. The number of aliphatic carboxylic acids is 1. The zero-order valence-corrected chi connectivity index (χ0v) is 21.1. The number of rotatable bonds is 8. The number of hydrogen-bond donors (Lipinski definition) is 1. The summed E-state index contributed by atoms with van der Waals surface area (Å²) in [5.74, 6) is -1.19. The summed E-state index contributed by atoms with van der Waals surface area (Å²) in [6.07, 6.45) is 5.58. The Kier molecular flexibility index (Phi) is 9.01. The summed E-state index contributed by atoms with van der Waals surface area (Å²) in [5.41, 5.74) is 0.592. The van der Waals surface area contributed by atoms with E-state index in [9.17, 15) is 19.2 Å². The van der Waals surface area contributed by atoms with Crippen LogP contribution in [0, 0.1) is 3.57 Å². The van der Waals surface area contributed by atoms with Gasteiger partial charge in [-0.3, -0.25) is 19.3 Å². The normalized spacial score (nSPS) is 17.9. The van der Waals surface area contributed by atoms with E-state index in [2.05, 4.69) is 0 Å². The Bertz CT molecular complexity index is 974. The number of carbonyl (C=O) groups is 4. The lowest BCUT2D eigenvalue weighted by molar-refractivity contribution is -0.139. The van der Waals surface area contributed by atoms with E-state index in [-0.39, 0.29) is 17.4 Å². The van der Waals surface area contributed by atoms with Crippen molar-refractivity contribution in [3.8, 4) is 11.5 Å². The maximum Gasteiger partial charge on any atom is 0.341 e. The summed E-state index contributed by atoms with van der Waals surface area (Å²) < 4.78 is 11.5. The molecule has 3 amide bonds. The molecule has 1 N–H and O–H groups in total. The quantitative estimate of drug-likeness (QED) is 0.362. The van der Waals surface area contributed by atoms with E-state index in [1.54, 1.807) is 30.0 Å². The van der Waals surface area contributed by atoms with Crippen LogP contribution in [0.4, 0.5) is 4.79 Å². The number of amides is 3. The molecule has 2 saturated heterocycles. The van der Waals surface area contributed by atoms with Crippen molar-refractivity contribution < 1.29 is 33.8 Å². The van der Waals surface area contributed by atoms with E-state index >= 15 is 0 Å². The largest absolute Gasteiger partial charge is 0.490 e. The second-order valence-corrected chi connectivity index (χ2v) is 9.66. The number of ether oxygens (including phenoxy) is 2. The number of hydrogen-bond acceptors (Lipinski definition) is 7. The summed E-state index contributed by atoms with van der Waals surface area (Å²) in [5, 5.41) is 8.41. The summed E-state index contributed by atoms with van der Waals surface area (Å²) in [4.78, 5) is 51.8. The van der Waals surface area contributed by atoms with Gasteiger partial charge in [0, 0.05) is 13.1 Å². The van der Waals surface area contributed by atoms with Crippen molar-refractivity contribution >= 4 is 63.5 Å². The Morgan fingerprint density at radius 1 is 1.15 bits per heavy atom. The molecule has 3 rings (SSSR count). The van der Waals surface area contributed by atoms with E-state index in [4.69, 9.17) is 14.6 Å². The Labute approximate surface area is 209 Å². The van der Waals surface area contributed by atoms with Crippen LogP contribution in [-0.4, -0.2) is 70.8 Å². The van der Waals surface area contributed by atoms with Crippen LogP contribution in [-0.2, 0) is 14.4 Å². The molecule has 1 aromatic carbocycles. The van der Waals surface area contributed by atoms with Crippen LogP contribution in [0.1, 0.15) is 38.2 Å². The number of imide groups is 1. The Morgan fingerprint density at radius 3 is 2.48 bits per heavy atom. The van der Waals surface area contributed by atoms with Crippen LogP contribution in [0.15, 0.2) is 17.0 Å². The maximum atomic E-state index is 12.9. The van der Waals surface area contributed by atoms with Crippen molar-refractivity contribution in [1.82, 2.24) is 9.80 Å². The molecule has 33 heavy (non-hydrogen) atoms. The molecule has 2 fully saturated rings. The van der Waals surface area contributed by atoms with E-state index in [0.29, 0.717) is 40.3 Å². The monoisotopic (exact) mass is 588 g/mol. The minimum atomic E-state index is -1.11. The van der Waals surface area contributed by atoms with Crippen molar-refractivity contribution in [2.45, 2.75) is 32.6 Å². The fraction of sp³-hybridized carbons (Fsp3) is 0.455. The molecule has 1 aromatic rings. The second kappa shape index (κ2) is 11.7. The second-order valence-electron chi connectivity index (χ2n) is 7.51. The molecule has 0 atom stereocenters. The molecular formula is C22H25IN2O7S. The average molecular weight is 588 g/mol. The molecular weight excluding hydrogens is 563 g/mol. The minimum absolute atomic E-state index is 0.209. The zero-order chi connectivity index (χ0) is 24.0. The number of carboxylic acid groups (broad SMARTS) is 1. The van der Waals surface area contributed by atoms with Crippen LogP contribution >= 0.6 is 34.4 Å². The predicted molar refractivity (Wildman–Crippen MR) is 131 cm³/mol. The Morgan fingerprint density at radius 2 is 1.85 bits per heavy atom. The van der Waals surface area contributed by atoms with E-state index in [1.165, 1.54) is 0 Å². The summed E-state index contributed by atoms with van der Waals surface area (Å²) in [6, 6.07) is 3.33. The first-order valence-corrected chi connectivity index (χ1v) is 12.5. The van der Waals surface area contributed by atoms with Gasteiger partial charge in [0.2, 0.25) is 5.91 Å². The van der Waals surface area contributed by atoms with Gasteiger partial charge in [-0.2, -0.15) is 0 Å². The highest BCUT2D eigenvalue weighted by molar-refractivity contribution is 14.1. The van der Waals surface area contributed by atoms with Crippen molar-refractivity contribution in [2.24, 2.45) is 0 Å². The lowest BCUT2D eigenvalue weighted by Crippen LogP contribution is -2.42. The number of carbonyl (C=O) groups excluding carboxylic acids is 3. The lowest BCUT2D eigenvalue weighted by atomic mass is 10.2. The number of thioether (sulfide) groups is 1. The van der Waals surface area contributed by atoms with Crippen LogP contribution < -0.4 is 9.47 Å². The molecule has 9 nitrogen and oxygen atoms in total. The molecule has 0 aromatic heterocycles. The smallest absolute Gasteiger partial charge is 0.341 e. The minimum Gasteiger partial charge on any atom is -0.490 e. The Hall–Kier alpha value is -2.28. The molecule has 0 spiro atoms. The Balaban J connectivity index is 1.77. The predicted octanol–water partition coefficient (Wildman–Crippen LogP) is 3.59. The molecule has 0 saturated carbocycles. The van der Waals surface area contributed by atoms with Gasteiger partial charge in [-0.05, 0) is 77.9 Å². The first-order chi connectivity index (χ1) is 15.8. The van der Waals surface area contributed by atoms with Gasteiger partial charge in [0.1, 0.15) is 6.54 Å². The molecule has 11 heteroatoms. The standard InChI is InChI=1S/C22H25IN2O7S/c1-2-31-16-10-14(9-15(23)20(16)32-13-19(27)28)11-17-21(29)25(22(30)33-17)12-18(26)24-7-5-3-4-6-8-24/h9-11H,2-8,12-13H2,1H3,(H,27,28). The fourth-order valence-corrected chi connectivity index (χ4v) is 5.17. The topological polar surface area (TPSA) is 113 Å². The van der Waals surface area contributed by atoms with Gasteiger partial charge in [0.15, 0.2) is 18.1 Å². The van der Waals surface area contributed by atoms with Crippen LogP contribution in [0.25, 0.3) is 6.08 Å². The van der Waals surface area contributed by atoms with Crippen molar-refractivity contribution in [1.29, 1.82) is 0 Å². The average Bonchev–Trinajstić information content (AvgIpc) is 2.95. The molecule has 0 radical (unpaired) electrons. The van der Waals surface area contributed by atoms with Gasteiger partial charge in [-0.15, -0.1) is 0 Å². The zero-order valence-electron chi connectivity index (χ0n) is 18.2. The highest BCUT2D eigenvalue weighted by Gasteiger charge is 2.37. The molecule has 2 aliphatic heterocycles. The third kappa shape index (κ3) is 6.62. The third-order valence-electron chi connectivity index (χ3n) is 5.10. The summed E-state index contributed by atoms with van der Waals surface area (Å²) in [6.45, 7) is 2.65.